The van der Waals surface area contributed by atoms with Crippen molar-refractivity contribution in [2.24, 2.45) is 0 Å². The molecular weight excluding hydrogens is 478 g/mol. The van der Waals surface area contributed by atoms with Gasteiger partial charge in [-0.25, -0.2) is 9.69 Å². The average molecular weight is 496 g/mol. The Balaban J connectivity index is 1.44. The van der Waals surface area contributed by atoms with Gasteiger partial charge in [0.05, 0.1) is 28.1 Å². The highest BCUT2D eigenvalue weighted by atomic mass is 32.2. The molecule has 3 aromatic rings. The number of benzene rings is 3. The van der Waals surface area contributed by atoms with Crippen LogP contribution in [0.1, 0.15) is 36.6 Å². The van der Waals surface area contributed by atoms with Gasteiger partial charge in [0, 0.05) is 4.90 Å². The summed E-state index contributed by atoms with van der Waals surface area (Å²) in [6.07, 6.45) is 0. The van der Waals surface area contributed by atoms with Crippen LogP contribution < -0.4 is 10.2 Å². The van der Waals surface area contributed by atoms with Gasteiger partial charge in [0.1, 0.15) is 0 Å². The quantitative estimate of drug-likeness (QED) is 0.284. The SMILES string of the molecule is Cc1ccccc1N1C(=O)c2ccc(C(=O)OCC(=O)Nc3ccccc3SC(F)F)cc2C1=O. The first-order chi connectivity index (χ1) is 16.8. The second-order valence-electron chi connectivity index (χ2n) is 7.49. The van der Waals surface area contributed by atoms with Crippen LogP contribution in [0.2, 0.25) is 0 Å². The summed E-state index contributed by atoms with van der Waals surface area (Å²) >= 11 is 0.280. The van der Waals surface area contributed by atoms with E-state index in [1.54, 1.807) is 43.3 Å². The normalized spacial score (nSPS) is 12.6. The summed E-state index contributed by atoms with van der Waals surface area (Å²) in [7, 11) is 0. The van der Waals surface area contributed by atoms with Gasteiger partial charge in [0.25, 0.3) is 23.5 Å². The number of fused-ring (bicyclic) bond motifs is 1. The lowest BCUT2D eigenvalue weighted by Crippen LogP contribution is -2.29. The third-order valence-electron chi connectivity index (χ3n) is 5.19. The molecule has 0 spiro atoms. The van der Waals surface area contributed by atoms with E-state index in [1.165, 1.54) is 30.3 Å². The predicted octanol–water partition coefficient (Wildman–Crippen LogP) is 4.91. The number of esters is 1. The van der Waals surface area contributed by atoms with Crippen molar-refractivity contribution in [3.8, 4) is 0 Å². The third-order valence-corrected chi connectivity index (χ3v) is 5.98. The van der Waals surface area contributed by atoms with Crippen LogP contribution in [0, 0.1) is 6.92 Å². The Morgan fingerprint density at radius 3 is 2.40 bits per heavy atom. The number of carbonyl (C=O) groups is 4. The zero-order chi connectivity index (χ0) is 25.1. The highest BCUT2D eigenvalue weighted by Crippen LogP contribution is 2.32. The van der Waals surface area contributed by atoms with Crippen LogP contribution in [0.4, 0.5) is 20.2 Å². The molecule has 0 atom stereocenters. The minimum Gasteiger partial charge on any atom is -0.452 e. The van der Waals surface area contributed by atoms with E-state index in [-0.39, 0.29) is 39.0 Å². The first-order valence-electron chi connectivity index (χ1n) is 10.4. The Morgan fingerprint density at radius 1 is 0.971 bits per heavy atom. The molecule has 3 aromatic carbocycles. The first kappa shape index (κ1) is 24.1. The van der Waals surface area contributed by atoms with E-state index < -0.39 is 36.1 Å². The number of nitrogens with zero attached hydrogens (tertiary/aromatic N) is 1. The van der Waals surface area contributed by atoms with E-state index in [4.69, 9.17) is 4.74 Å². The Bertz CT molecular complexity index is 1340. The molecule has 1 aliphatic heterocycles. The van der Waals surface area contributed by atoms with Crippen molar-refractivity contribution in [1.29, 1.82) is 0 Å². The van der Waals surface area contributed by atoms with Crippen molar-refractivity contribution >= 4 is 46.8 Å². The summed E-state index contributed by atoms with van der Waals surface area (Å²) in [5.41, 5.74) is 1.54. The van der Waals surface area contributed by atoms with Gasteiger partial charge in [-0.1, -0.05) is 42.1 Å². The van der Waals surface area contributed by atoms with Gasteiger partial charge in [-0.2, -0.15) is 8.78 Å². The number of rotatable bonds is 7. The summed E-state index contributed by atoms with van der Waals surface area (Å²) in [5.74, 6) is -5.34. The van der Waals surface area contributed by atoms with Crippen molar-refractivity contribution in [2.75, 3.05) is 16.8 Å². The number of hydrogen-bond donors (Lipinski definition) is 1. The number of aryl methyl sites for hydroxylation is 1. The standard InChI is InChI=1S/C25H18F2N2O5S/c1-14-6-2-4-8-19(14)29-22(31)16-11-10-15(12-17(16)23(29)32)24(33)34-13-21(30)28-18-7-3-5-9-20(18)35-25(26)27/h2-12,25H,13H2,1H3,(H,28,30). The molecule has 0 fully saturated rings. The van der Waals surface area contributed by atoms with E-state index in [1.807, 2.05) is 0 Å². The van der Waals surface area contributed by atoms with Crippen molar-refractivity contribution in [3.63, 3.8) is 0 Å². The Morgan fingerprint density at radius 2 is 1.66 bits per heavy atom. The zero-order valence-electron chi connectivity index (χ0n) is 18.3. The van der Waals surface area contributed by atoms with Crippen molar-refractivity contribution in [1.82, 2.24) is 0 Å². The first-order valence-corrected chi connectivity index (χ1v) is 11.2. The number of anilines is 2. The highest BCUT2D eigenvalue weighted by Gasteiger charge is 2.37. The lowest BCUT2D eigenvalue weighted by Gasteiger charge is -2.16. The monoisotopic (exact) mass is 496 g/mol. The van der Waals surface area contributed by atoms with Crippen LogP contribution in [0.3, 0.4) is 0 Å². The smallest absolute Gasteiger partial charge is 0.338 e. The molecular formula is C25H18F2N2O5S. The number of hydrogen-bond acceptors (Lipinski definition) is 6. The maximum atomic E-state index is 12.9. The molecule has 1 N–H and O–H groups in total. The molecule has 178 valence electrons. The van der Waals surface area contributed by atoms with Gasteiger partial charge < -0.3 is 10.1 Å². The molecule has 0 radical (unpaired) electrons. The van der Waals surface area contributed by atoms with Crippen molar-refractivity contribution in [3.05, 3.63) is 89.0 Å². The molecule has 1 heterocycles. The second-order valence-corrected chi connectivity index (χ2v) is 8.52. The third kappa shape index (κ3) is 5.07. The fraction of sp³-hybridized carbons (Fsp3) is 0.120. The van der Waals surface area contributed by atoms with E-state index in [2.05, 4.69) is 5.32 Å². The molecule has 0 aromatic heterocycles. The molecule has 3 amide bonds. The van der Waals surface area contributed by atoms with E-state index >= 15 is 0 Å². The van der Waals surface area contributed by atoms with Gasteiger partial charge in [-0.3, -0.25) is 14.4 Å². The zero-order valence-corrected chi connectivity index (χ0v) is 19.1. The van der Waals surface area contributed by atoms with E-state index in [0.717, 1.165) is 10.5 Å². The summed E-state index contributed by atoms with van der Waals surface area (Å²) < 4.78 is 30.4. The number of para-hydroxylation sites is 2. The fourth-order valence-electron chi connectivity index (χ4n) is 3.57. The maximum Gasteiger partial charge on any atom is 0.338 e. The van der Waals surface area contributed by atoms with Gasteiger partial charge in [-0.05, 0) is 48.9 Å². The van der Waals surface area contributed by atoms with Crippen LogP contribution in [-0.4, -0.2) is 36.1 Å². The minimum absolute atomic E-state index is 0.0158. The number of halogens is 2. The largest absolute Gasteiger partial charge is 0.452 e. The second kappa shape index (κ2) is 10.1. The molecule has 7 nitrogen and oxygen atoms in total. The number of ether oxygens (including phenoxy) is 1. The number of imide groups is 1. The molecule has 4 rings (SSSR count). The summed E-state index contributed by atoms with van der Waals surface area (Å²) in [6, 6.07) is 16.9. The summed E-state index contributed by atoms with van der Waals surface area (Å²) in [5, 5.41) is 2.43. The number of amides is 3. The fourth-order valence-corrected chi connectivity index (χ4v) is 4.17. The highest BCUT2D eigenvalue weighted by molar-refractivity contribution is 7.99. The van der Waals surface area contributed by atoms with Gasteiger partial charge in [0.15, 0.2) is 6.61 Å². The molecule has 1 aliphatic rings. The Labute approximate surface area is 203 Å². The maximum absolute atomic E-state index is 12.9. The molecule has 0 bridgehead atoms. The minimum atomic E-state index is -2.66. The van der Waals surface area contributed by atoms with Crippen molar-refractivity contribution < 1.29 is 32.7 Å². The van der Waals surface area contributed by atoms with Gasteiger partial charge >= 0.3 is 5.97 Å². The number of nitrogens with one attached hydrogen (secondary N) is 1. The van der Waals surface area contributed by atoms with Crippen LogP contribution in [-0.2, 0) is 9.53 Å². The molecule has 0 aliphatic carbocycles. The lowest BCUT2D eigenvalue weighted by molar-refractivity contribution is -0.119. The van der Waals surface area contributed by atoms with Gasteiger partial charge in [0.2, 0.25) is 0 Å². The van der Waals surface area contributed by atoms with E-state index in [9.17, 15) is 28.0 Å². The molecule has 0 unspecified atom stereocenters. The number of carbonyl (C=O) groups excluding carboxylic acids is 4. The predicted molar refractivity (Wildman–Crippen MR) is 126 cm³/mol. The van der Waals surface area contributed by atoms with Crippen LogP contribution in [0.15, 0.2) is 71.6 Å². The van der Waals surface area contributed by atoms with Crippen molar-refractivity contribution in [2.45, 2.75) is 17.6 Å². The molecule has 10 heteroatoms. The average Bonchev–Trinajstić information content (AvgIpc) is 3.08. The van der Waals surface area contributed by atoms with Gasteiger partial charge in [-0.15, -0.1) is 0 Å². The molecule has 0 saturated carbocycles. The summed E-state index contributed by atoms with van der Waals surface area (Å²) in [4.78, 5) is 51.7. The van der Waals surface area contributed by atoms with Crippen LogP contribution >= 0.6 is 11.8 Å². The van der Waals surface area contributed by atoms with Crippen LogP contribution in [0.25, 0.3) is 0 Å². The van der Waals surface area contributed by atoms with E-state index in [0.29, 0.717) is 5.69 Å². The molecule has 0 saturated heterocycles. The number of thioether (sulfide) groups is 1. The Kier molecular flexibility index (Phi) is 6.92. The topological polar surface area (TPSA) is 92.8 Å². The molecule has 35 heavy (non-hydrogen) atoms. The summed E-state index contributed by atoms with van der Waals surface area (Å²) in [6.45, 7) is 1.10. The van der Waals surface area contributed by atoms with Crippen LogP contribution in [0.5, 0.6) is 0 Å². The Hall–Kier alpha value is -4.05. The lowest BCUT2D eigenvalue weighted by atomic mass is 10.1. The number of alkyl halides is 2.